The summed E-state index contributed by atoms with van der Waals surface area (Å²) in [6, 6.07) is 0. The van der Waals surface area contributed by atoms with Crippen molar-refractivity contribution in [3.63, 3.8) is 0 Å². The minimum atomic E-state index is 0.490. The molecule has 0 amide bonds. The fraction of sp³-hybridized carbons (Fsp3) is 1.00. The van der Waals surface area contributed by atoms with Crippen LogP contribution in [0.1, 0.15) is 46.5 Å². The minimum absolute atomic E-state index is 0.490. The van der Waals surface area contributed by atoms with Crippen molar-refractivity contribution in [2.24, 2.45) is 5.41 Å². The lowest BCUT2D eigenvalue weighted by atomic mass is 9.90. The van der Waals surface area contributed by atoms with Crippen LogP contribution in [0, 0.1) is 5.41 Å². The highest BCUT2D eigenvalue weighted by molar-refractivity contribution is 4.60. The Hall–Kier alpha value is -0.0800. The zero-order chi connectivity index (χ0) is 14.4. The van der Waals surface area contributed by atoms with Crippen molar-refractivity contribution in [3.05, 3.63) is 0 Å². The van der Waals surface area contributed by atoms with Crippen molar-refractivity contribution in [3.8, 4) is 0 Å². The highest BCUT2D eigenvalue weighted by Gasteiger charge is 2.17. The number of hydrogen-bond donors (Lipinski definition) is 0. The van der Waals surface area contributed by atoms with Crippen molar-refractivity contribution in [2.45, 2.75) is 46.5 Å². The highest BCUT2D eigenvalue weighted by atomic mass is 15.3. The van der Waals surface area contributed by atoms with E-state index in [1.807, 2.05) is 0 Å². The first-order chi connectivity index (χ1) is 7.91. The van der Waals surface area contributed by atoms with E-state index in [1.165, 1.54) is 49.8 Å². The molecule has 0 aliphatic carbocycles. The lowest BCUT2D eigenvalue weighted by Gasteiger charge is -2.31. The van der Waals surface area contributed by atoms with Crippen LogP contribution in [0.4, 0.5) is 0 Å². The molecule has 0 radical (unpaired) electrons. The molecule has 0 aromatic heterocycles. The van der Waals surface area contributed by atoms with E-state index in [0.717, 1.165) is 4.48 Å². The number of unbranched alkanes of at least 4 members (excludes halogenated alkanes) is 1. The summed E-state index contributed by atoms with van der Waals surface area (Å²) in [5, 5.41) is 0. The van der Waals surface area contributed by atoms with Gasteiger partial charge in [0, 0.05) is 12.8 Å². The van der Waals surface area contributed by atoms with Gasteiger partial charge in [-0.1, -0.05) is 20.8 Å². The molecule has 0 heterocycles. The van der Waals surface area contributed by atoms with E-state index in [4.69, 9.17) is 0 Å². The van der Waals surface area contributed by atoms with Crippen LogP contribution in [0.5, 0.6) is 0 Å². The number of rotatable bonds is 8. The standard InChI is InChI=1S/C16H38N2/c1-16(2,3)12-11-15-18(7,8)14-10-9-13-17(4,5)6/h9-15H2,1-8H3/q+2. The van der Waals surface area contributed by atoms with E-state index >= 15 is 0 Å². The van der Waals surface area contributed by atoms with Crippen LogP contribution in [0.15, 0.2) is 0 Å². The molecule has 0 aliphatic rings. The van der Waals surface area contributed by atoms with Crippen LogP contribution in [-0.2, 0) is 0 Å². The summed E-state index contributed by atoms with van der Waals surface area (Å²) in [5.41, 5.74) is 0.490. The molecule has 0 atom stereocenters. The van der Waals surface area contributed by atoms with Crippen molar-refractivity contribution >= 4 is 0 Å². The average Bonchev–Trinajstić information content (AvgIpc) is 2.08. The van der Waals surface area contributed by atoms with E-state index in [9.17, 15) is 0 Å². The minimum Gasteiger partial charge on any atom is -0.331 e. The van der Waals surface area contributed by atoms with Crippen molar-refractivity contribution in [1.29, 1.82) is 0 Å². The predicted octanol–water partition coefficient (Wildman–Crippen LogP) is 3.38. The molecule has 0 aromatic carbocycles. The maximum atomic E-state index is 2.38. The summed E-state index contributed by atoms with van der Waals surface area (Å²) in [6.45, 7) is 11.0. The Morgan fingerprint density at radius 2 is 1.11 bits per heavy atom. The SMILES string of the molecule is CC(C)(C)CCC[N+](C)(C)CCCC[N+](C)(C)C. The molecule has 18 heavy (non-hydrogen) atoms. The Balaban J connectivity index is 3.74. The van der Waals surface area contributed by atoms with Crippen molar-refractivity contribution < 1.29 is 8.97 Å². The van der Waals surface area contributed by atoms with Gasteiger partial charge >= 0.3 is 0 Å². The fourth-order valence-corrected chi connectivity index (χ4v) is 2.28. The van der Waals surface area contributed by atoms with Gasteiger partial charge in [-0.3, -0.25) is 0 Å². The molecule has 0 saturated carbocycles. The zero-order valence-electron chi connectivity index (χ0n) is 14.3. The van der Waals surface area contributed by atoms with Gasteiger partial charge in [0.05, 0.1) is 54.9 Å². The van der Waals surface area contributed by atoms with Crippen LogP contribution in [0.2, 0.25) is 0 Å². The van der Waals surface area contributed by atoms with Crippen LogP contribution < -0.4 is 0 Å². The van der Waals surface area contributed by atoms with Gasteiger partial charge in [-0.05, 0) is 18.3 Å². The van der Waals surface area contributed by atoms with E-state index < -0.39 is 0 Å². The van der Waals surface area contributed by atoms with E-state index in [2.05, 4.69) is 56.0 Å². The molecular weight excluding hydrogens is 220 g/mol. The van der Waals surface area contributed by atoms with Gasteiger partial charge in [-0.25, -0.2) is 0 Å². The molecule has 0 unspecified atom stereocenters. The van der Waals surface area contributed by atoms with Crippen LogP contribution in [-0.4, -0.2) is 63.8 Å². The molecule has 110 valence electrons. The second kappa shape index (κ2) is 6.91. The lowest BCUT2D eigenvalue weighted by molar-refractivity contribution is -0.892. The Bertz CT molecular complexity index is 218. The number of nitrogens with zero attached hydrogens (tertiary/aromatic N) is 2. The van der Waals surface area contributed by atoms with E-state index in [1.54, 1.807) is 0 Å². The van der Waals surface area contributed by atoms with Gasteiger partial charge in [0.1, 0.15) is 0 Å². The molecule has 0 aliphatic heterocycles. The van der Waals surface area contributed by atoms with Gasteiger partial charge in [0.2, 0.25) is 0 Å². The lowest BCUT2D eigenvalue weighted by Crippen LogP contribution is -2.42. The monoisotopic (exact) mass is 258 g/mol. The molecular formula is C16H38N2+2. The largest absolute Gasteiger partial charge is 0.331 e. The summed E-state index contributed by atoms with van der Waals surface area (Å²) in [6.07, 6.45) is 5.40. The summed E-state index contributed by atoms with van der Waals surface area (Å²) in [4.78, 5) is 0. The van der Waals surface area contributed by atoms with Crippen molar-refractivity contribution in [1.82, 2.24) is 0 Å². The second-order valence-corrected chi connectivity index (χ2v) is 8.77. The van der Waals surface area contributed by atoms with Gasteiger partial charge < -0.3 is 8.97 Å². The Morgan fingerprint density at radius 3 is 1.56 bits per heavy atom. The van der Waals surface area contributed by atoms with Gasteiger partial charge in [-0.2, -0.15) is 0 Å². The first-order valence-corrected chi connectivity index (χ1v) is 7.54. The average molecular weight is 258 g/mol. The molecule has 0 bridgehead atoms. The van der Waals surface area contributed by atoms with Crippen LogP contribution in [0.25, 0.3) is 0 Å². The van der Waals surface area contributed by atoms with E-state index in [0.29, 0.717) is 5.41 Å². The molecule has 0 fully saturated rings. The number of quaternary nitrogens is 2. The third-order valence-electron chi connectivity index (χ3n) is 3.53. The predicted molar refractivity (Wildman–Crippen MR) is 82.7 cm³/mol. The van der Waals surface area contributed by atoms with Crippen LogP contribution >= 0.6 is 0 Å². The third kappa shape index (κ3) is 12.4. The maximum absolute atomic E-state index is 2.38. The summed E-state index contributed by atoms with van der Waals surface area (Å²) in [5.74, 6) is 0. The summed E-state index contributed by atoms with van der Waals surface area (Å²) >= 11 is 0. The molecule has 0 rings (SSSR count). The summed E-state index contributed by atoms with van der Waals surface area (Å²) in [7, 11) is 11.6. The quantitative estimate of drug-likeness (QED) is 0.462. The Labute approximate surface area is 116 Å². The van der Waals surface area contributed by atoms with Gasteiger partial charge in [0.25, 0.3) is 0 Å². The topological polar surface area (TPSA) is 0 Å². The first-order valence-electron chi connectivity index (χ1n) is 7.54. The fourth-order valence-electron chi connectivity index (χ4n) is 2.28. The first kappa shape index (κ1) is 17.9. The zero-order valence-corrected chi connectivity index (χ0v) is 14.3. The highest BCUT2D eigenvalue weighted by Crippen LogP contribution is 2.21. The smallest absolute Gasteiger partial charge is 0.0784 e. The second-order valence-electron chi connectivity index (χ2n) is 8.77. The van der Waals surface area contributed by atoms with Gasteiger partial charge in [0.15, 0.2) is 0 Å². The molecule has 0 N–H and O–H groups in total. The molecule has 0 spiro atoms. The third-order valence-corrected chi connectivity index (χ3v) is 3.53. The summed E-state index contributed by atoms with van der Waals surface area (Å²) < 4.78 is 2.28. The maximum Gasteiger partial charge on any atom is 0.0784 e. The molecule has 0 saturated heterocycles. The molecule has 2 heteroatoms. The van der Waals surface area contributed by atoms with Crippen molar-refractivity contribution in [2.75, 3.05) is 54.9 Å². The molecule has 0 aromatic rings. The Morgan fingerprint density at radius 1 is 0.667 bits per heavy atom. The Kier molecular flexibility index (Phi) is 6.87. The van der Waals surface area contributed by atoms with E-state index in [-0.39, 0.29) is 0 Å². The number of hydrogen-bond acceptors (Lipinski definition) is 0. The van der Waals surface area contributed by atoms with Crippen LogP contribution in [0.3, 0.4) is 0 Å². The van der Waals surface area contributed by atoms with Gasteiger partial charge in [-0.15, -0.1) is 0 Å². The molecule has 2 nitrogen and oxygen atoms in total. The normalized spacial score (nSPS) is 14.0.